The highest BCUT2D eigenvalue weighted by molar-refractivity contribution is 7.90. The number of ether oxygens (including phenoxy) is 1. The van der Waals surface area contributed by atoms with Crippen LogP contribution in [0.3, 0.4) is 0 Å². The van der Waals surface area contributed by atoms with Gasteiger partial charge in [-0.2, -0.15) is 0 Å². The lowest BCUT2D eigenvalue weighted by atomic mass is 10.3. The summed E-state index contributed by atoms with van der Waals surface area (Å²) < 4.78 is 30.3. The second-order valence-corrected chi connectivity index (χ2v) is 5.85. The fourth-order valence-corrected chi connectivity index (χ4v) is 2.06. The first-order valence-corrected chi connectivity index (χ1v) is 6.87. The zero-order chi connectivity index (χ0) is 13.5. The van der Waals surface area contributed by atoms with Crippen molar-refractivity contribution in [3.05, 3.63) is 0 Å². The van der Waals surface area contributed by atoms with Gasteiger partial charge in [0.1, 0.15) is 0 Å². The number of methoxy groups -OCH3 is 1. The summed E-state index contributed by atoms with van der Waals surface area (Å²) in [4.78, 5) is 11.5. The van der Waals surface area contributed by atoms with Crippen LogP contribution < -0.4 is 15.8 Å². The van der Waals surface area contributed by atoms with E-state index in [-0.39, 0.29) is 6.54 Å². The van der Waals surface area contributed by atoms with E-state index < -0.39 is 27.2 Å². The molecule has 8 heteroatoms. The van der Waals surface area contributed by atoms with Crippen LogP contribution in [0, 0.1) is 0 Å². The molecule has 0 aromatic carbocycles. The molecule has 0 aliphatic carbocycles. The van der Waals surface area contributed by atoms with Gasteiger partial charge in [0.25, 0.3) is 0 Å². The maximum atomic E-state index is 11.6. The van der Waals surface area contributed by atoms with Gasteiger partial charge in [0.15, 0.2) is 0 Å². The van der Waals surface area contributed by atoms with E-state index in [1.54, 1.807) is 0 Å². The molecular weight excluding hydrogens is 246 g/mol. The minimum absolute atomic E-state index is 0.00729. The Morgan fingerprint density at radius 3 is 2.47 bits per heavy atom. The quantitative estimate of drug-likeness (QED) is 0.459. The Morgan fingerprint density at radius 1 is 1.41 bits per heavy atom. The summed E-state index contributed by atoms with van der Waals surface area (Å²) in [5.41, 5.74) is 5.27. The van der Waals surface area contributed by atoms with Gasteiger partial charge in [0.05, 0.1) is 17.9 Å². The Balaban J connectivity index is 4.25. The van der Waals surface area contributed by atoms with Crippen molar-refractivity contribution in [3.63, 3.8) is 0 Å². The van der Waals surface area contributed by atoms with E-state index in [1.807, 2.05) is 0 Å². The smallest absolute Gasteiger partial charge is 0.237 e. The topological polar surface area (TPSA) is 111 Å². The molecule has 0 saturated heterocycles. The maximum absolute atomic E-state index is 11.6. The van der Waals surface area contributed by atoms with E-state index in [0.29, 0.717) is 13.2 Å². The van der Waals surface area contributed by atoms with Crippen LogP contribution in [0.4, 0.5) is 0 Å². The highest BCUT2D eigenvalue weighted by atomic mass is 32.2. The SMILES string of the molecule is COCCNC(=O)C(C)NS(=O)(=O)C(C)CN. The molecule has 0 heterocycles. The average molecular weight is 267 g/mol. The molecule has 7 nitrogen and oxygen atoms in total. The highest BCUT2D eigenvalue weighted by Crippen LogP contribution is 1.98. The van der Waals surface area contributed by atoms with Gasteiger partial charge in [-0.25, -0.2) is 13.1 Å². The molecule has 0 aliphatic heterocycles. The van der Waals surface area contributed by atoms with Crippen molar-refractivity contribution < 1.29 is 17.9 Å². The van der Waals surface area contributed by atoms with Gasteiger partial charge in [-0.15, -0.1) is 0 Å². The molecule has 0 aliphatic rings. The van der Waals surface area contributed by atoms with Gasteiger partial charge < -0.3 is 15.8 Å². The average Bonchev–Trinajstić information content (AvgIpc) is 2.27. The Labute approximate surface area is 102 Å². The van der Waals surface area contributed by atoms with Crippen LogP contribution in [-0.4, -0.2) is 52.4 Å². The molecule has 2 unspecified atom stereocenters. The van der Waals surface area contributed by atoms with Gasteiger partial charge in [0.2, 0.25) is 15.9 Å². The lowest BCUT2D eigenvalue weighted by Gasteiger charge is -2.17. The summed E-state index contributed by atoms with van der Waals surface area (Å²) in [6.07, 6.45) is 0. The summed E-state index contributed by atoms with van der Waals surface area (Å²) in [7, 11) is -2.04. The van der Waals surface area contributed by atoms with Crippen LogP contribution in [0.2, 0.25) is 0 Å². The highest BCUT2D eigenvalue weighted by Gasteiger charge is 2.24. The molecule has 0 spiro atoms. The number of hydrogen-bond acceptors (Lipinski definition) is 5. The molecule has 0 bridgehead atoms. The van der Waals surface area contributed by atoms with Crippen molar-refractivity contribution in [1.82, 2.24) is 10.0 Å². The van der Waals surface area contributed by atoms with Gasteiger partial charge in [0, 0.05) is 20.2 Å². The second kappa shape index (κ2) is 7.59. The summed E-state index contributed by atoms with van der Waals surface area (Å²) in [5, 5.41) is 1.82. The number of nitrogens with one attached hydrogen (secondary N) is 2. The van der Waals surface area contributed by atoms with Crippen LogP contribution in [-0.2, 0) is 19.6 Å². The van der Waals surface area contributed by atoms with E-state index in [1.165, 1.54) is 21.0 Å². The lowest BCUT2D eigenvalue weighted by Crippen LogP contribution is -2.48. The molecular formula is C9H21N3O4S. The Kier molecular flexibility index (Phi) is 7.28. The number of rotatable bonds is 8. The summed E-state index contributed by atoms with van der Waals surface area (Å²) >= 11 is 0. The van der Waals surface area contributed by atoms with Crippen LogP contribution in [0.5, 0.6) is 0 Å². The maximum Gasteiger partial charge on any atom is 0.237 e. The van der Waals surface area contributed by atoms with Crippen molar-refractivity contribution in [2.75, 3.05) is 26.8 Å². The number of carbonyl (C=O) groups excluding carboxylic acids is 1. The van der Waals surface area contributed by atoms with E-state index in [2.05, 4.69) is 10.0 Å². The molecule has 1 amide bonds. The summed E-state index contributed by atoms with van der Waals surface area (Å²) in [6.45, 7) is 3.69. The largest absolute Gasteiger partial charge is 0.383 e. The second-order valence-electron chi connectivity index (χ2n) is 3.71. The molecule has 4 N–H and O–H groups in total. The number of carbonyl (C=O) groups is 1. The Bertz CT molecular complexity index is 331. The summed E-state index contributed by atoms with van der Waals surface area (Å²) in [6, 6.07) is -0.828. The van der Waals surface area contributed by atoms with Crippen molar-refractivity contribution >= 4 is 15.9 Å². The van der Waals surface area contributed by atoms with Crippen LogP contribution in [0.25, 0.3) is 0 Å². The van der Waals surface area contributed by atoms with Gasteiger partial charge in [-0.1, -0.05) is 0 Å². The van der Waals surface area contributed by atoms with Gasteiger partial charge in [-0.05, 0) is 13.8 Å². The first-order chi connectivity index (χ1) is 7.85. The molecule has 0 rings (SSSR count). The fraction of sp³-hybridized carbons (Fsp3) is 0.889. The fourth-order valence-electron chi connectivity index (χ4n) is 0.972. The minimum atomic E-state index is -3.55. The standard InChI is InChI=1S/C9H21N3O4S/c1-7(6-10)17(14,15)12-8(2)9(13)11-4-5-16-3/h7-8,12H,4-6,10H2,1-3H3,(H,11,13). The number of nitrogens with two attached hydrogens (primary N) is 1. The number of amides is 1. The molecule has 2 atom stereocenters. The van der Waals surface area contributed by atoms with Crippen molar-refractivity contribution in [2.24, 2.45) is 5.73 Å². The molecule has 0 saturated carbocycles. The van der Waals surface area contributed by atoms with Gasteiger partial charge >= 0.3 is 0 Å². The number of sulfonamides is 1. The predicted molar refractivity (Wildman–Crippen MR) is 64.9 cm³/mol. The Morgan fingerprint density at radius 2 is 2.00 bits per heavy atom. The van der Waals surface area contributed by atoms with Gasteiger partial charge in [-0.3, -0.25) is 4.79 Å². The third kappa shape index (κ3) is 5.97. The summed E-state index contributed by atoms with van der Waals surface area (Å²) in [5.74, 6) is -0.394. The van der Waals surface area contributed by atoms with Crippen LogP contribution in [0.15, 0.2) is 0 Å². The zero-order valence-electron chi connectivity index (χ0n) is 10.4. The van der Waals surface area contributed by atoms with E-state index in [4.69, 9.17) is 10.5 Å². The van der Waals surface area contributed by atoms with Crippen molar-refractivity contribution in [3.8, 4) is 0 Å². The third-order valence-electron chi connectivity index (χ3n) is 2.20. The normalized spacial score (nSPS) is 15.3. The molecule has 102 valence electrons. The van der Waals surface area contributed by atoms with E-state index >= 15 is 0 Å². The first kappa shape index (κ1) is 16.3. The molecule has 0 fully saturated rings. The molecule has 0 radical (unpaired) electrons. The van der Waals surface area contributed by atoms with Crippen LogP contribution >= 0.6 is 0 Å². The third-order valence-corrected chi connectivity index (χ3v) is 4.14. The molecule has 0 aromatic rings. The minimum Gasteiger partial charge on any atom is -0.383 e. The number of hydrogen-bond donors (Lipinski definition) is 3. The Hall–Kier alpha value is -0.700. The first-order valence-electron chi connectivity index (χ1n) is 5.33. The molecule has 17 heavy (non-hydrogen) atoms. The van der Waals surface area contributed by atoms with Crippen LogP contribution in [0.1, 0.15) is 13.8 Å². The van der Waals surface area contributed by atoms with Crippen molar-refractivity contribution in [2.45, 2.75) is 25.1 Å². The molecule has 0 aromatic heterocycles. The predicted octanol–water partition coefficient (Wildman–Crippen LogP) is -1.60. The lowest BCUT2D eigenvalue weighted by molar-refractivity contribution is -0.122. The van der Waals surface area contributed by atoms with E-state index in [0.717, 1.165) is 0 Å². The van der Waals surface area contributed by atoms with E-state index in [9.17, 15) is 13.2 Å². The monoisotopic (exact) mass is 267 g/mol. The zero-order valence-corrected chi connectivity index (χ0v) is 11.2. The van der Waals surface area contributed by atoms with Crippen molar-refractivity contribution in [1.29, 1.82) is 0 Å².